The lowest BCUT2D eigenvalue weighted by molar-refractivity contribution is -0.0104. The van der Waals surface area contributed by atoms with Gasteiger partial charge in [-0.1, -0.05) is 18.2 Å². The van der Waals surface area contributed by atoms with Gasteiger partial charge in [-0.25, -0.2) is 0 Å². The number of nitrogens with zero attached hydrogens (tertiary/aromatic N) is 4. The van der Waals surface area contributed by atoms with Gasteiger partial charge in [-0.2, -0.15) is 4.68 Å². The van der Waals surface area contributed by atoms with Crippen LogP contribution in [-0.2, 0) is 11.3 Å². The molecule has 0 saturated heterocycles. The first-order chi connectivity index (χ1) is 9.86. The third-order valence-electron chi connectivity index (χ3n) is 3.58. The number of aromatic nitrogens is 4. The van der Waals surface area contributed by atoms with Gasteiger partial charge in [0.25, 0.3) is 0 Å². The summed E-state index contributed by atoms with van der Waals surface area (Å²) in [7, 11) is 0. The molecule has 0 atom stereocenters. The molecule has 20 heavy (non-hydrogen) atoms. The Bertz CT molecular complexity index is 536. The summed E-state index contributed by atoms with van der Waals surface area (Å²) >= 11 is 0. The lowest BCUT2D eigenvalue weighted by Crippen LogP contribution is -2.45. The van der Waals surface area contributed by atoms with Crippen molar-refractivity contribution in [3.05, 3.63) is 36.2 Å². The monoisotopic (exact) mass is 273 g/mol. The van der Waals surface area contributed by atoms with Crippen LogP contribution in [-0.4, -0.2) is 39.0 Å². The molecular weight excluding hydrogens is 254 g/mol. The number of tetrazole rings is 1. The summed E-state index contributed by atoms with van der Waals surface area (Å²) in [5.41, 5.74) is 0.982. The summed E-state index contributed by atoms with van der Waals surface area (Å²) in [6, 6.07) is 10.4. The average molecular weight is 273 g/mol. The Morgan fingerprint density at radius 1 is 1.30 bits per heavy atom. The Hall–Kier alpha value is -1.79. The van der Waals surface area contributed by atoms with Crippen LogP contribution in [0, 0.1) is 0 Å². The fourth-order valence-electron chi connectivity index (χ4n) is 2.43. The van der Waals surface area contributed by atoms with Crippen molar-refractivity contribution in [3.63, 3.8) is 0 Å². The molecule has 106 valence electrons. The molecular formula is C14H19N5O. The van der Waals surface area contributed by atoms with Crippen molar-refractivity contribution in [2.24, 2.45) is 0 Å². The highest BCUT2D eigenvalue weighted by Gasteiger charge is 2.29. The number of rotatable bonds is 6. The molecule has 0 bridgehead atoms. The van der Waals surface area contributed by atoms with E-state index in [1.54, 1.807) is 4.68 Å². The Labute approximate surface area is 118 Å². The fourth-order valence-corrected chi connectivity index (χ4v) is 2.43. The summed E-state index contributed by atoms with van der Waals surface area (Å²) in [6.45, 7) is 3.50. The zero-order valence-electron chi connectivity index (χ0n) is 11.6. The van der Waals surface area contributed by atoms with Crippen LogP contribution in [0.5, 0.6) is 0 Å². The van der Waals surface area contributed by atoms with Crippen LogP contribution in [0.25, 0.3) is 5.69 Å². The van der Waals surface area contributed by atoms with Crippen molar-refractivity contribution in [2.75, 3.05) is 6.61 Å². The molecule has 0 aliphatic heterocycles. The molecule has 2 aromatic rings. The normalized spacial score (nSPS) is 21.6. The molecule has 1 aromatic heterocycles. The molecule has 1 aliphatic rings. The SMILES string of the molecule is CCOC1CC(NCc2nnnn2-c2ccccc2)C1. The second kappa shape index (κ2) is 6.11. The molecule has 0 amide bonds. The topological polar surface area (TPSA) is 64.9 Å². The van der Waals surface area contributed by atoms with Crippen molar-refractivity contribution in [1.82, 2.24) is 25.5 Å². The van der Waals surface area contributed by atoms with Crippen LogP contribution in [0.4, 0.5) is 0 Å². The van der Waals surface area contributed by atoms with E-state index in [0.29, 0.717) is 18.7 Å². The minimum atomic E-state index is 0.419. The molecule has 1 aliphatic carbocycles. The molecule has 3 rings (SSSR count). The third kappa shape index (κ3) is 2.86. The fraction of sp³-hybridized carbons (Fsp3) is 0.500. The van der Waals surface area contributed by atoms with E-state index < -0.39 is 0 Å². The number of para-hydroxylation sites is 1. The van der Waals surface area contributed by atoms with Gasteiger partial charge in [-0.3, -0.25) is 0 Å². The summed E-state index contributed by atoms with van der Waals surface area (Å²) in [6.07, 6.45) is 2.56. The number of hydrogen-bond acceptors (Lipinski definition) is 5. The molecule has 1 aromatic carbocycles. The molecule has 1 N–H and O–H groups in total. The summed E-state index contributed by atoms with van der Waals surface area (Å²) < 4.78 is 7.32. The van der Waals surface area contributed by atoms with Crippen molar-refractivity contribution in [2.45, 2.75) is 38.5 Å². The molecule has 6 heteroatoms. The molecule has 0 unspecified atom stereocenters. The highest BCUT2D eigenvalue weighted by molar-refractivity contribution is 5.30. The maximum Gasteiger partial charge on any atom is 0.170 e. The minimum Gasteiger partial charge on any atom is -0.378 e. The first-order valence-electron chi connectivity index (χ1n) is 7.04. The molecule has 1 saturated carbocycles. The van der Waals surface area contributed by atoms with Crippen LogP contribution in [0.15, 0.2) is 30.3 Å². The lowest BCUT2D eigenvalue weighted by atomic mass is 9.89. The van der Waals surface area contributed by atoms with E-state index in [4.69, 9.17) is 4.74 Å². The van der Waals surface area contributed by atoms with E-state index in [0.717, 1.165) is 31.0 Å². The van der Waals surface area contributed by atoms with Crippen LogP contribution in [0.2, 0.25) is 0 Å². The van der Waals surface area contributed by atoms with Crippen LogP contribution >= 0.6 is 0 Å². The van der Waals surface area contributed by atoms with Crippen molar-refractivity contribution in [3.8, 4) is 5.69 Å². The van der Waals surface area contributed by atoms with Crippen molar-refractivity contribution >= 4 is 0 Å². The molecule has 0 spiro atoms. The quantitative estimate of drug-likeness (QED) is 0.860. The van der Waals surface area contributed by atoms with Gasteiger partial charge in [-0.05, 0) is 42.3 Å². The number of hydrogen-bond donors (Lipinski definition) is 1. The van der Waals surface area contributed by atoms with E-state index in [-0.39, 0.29) is 0 Å². The van der Waals surface area contributed by atoms with Gasteiger partial charge in [-0.15, -0.1) is 5.10 Å². The summed E-state index contributed by atoms with van der Waals surface area (Å²) in [4.78, 5) is 0. The van der Waals surface area contributed by atoms with Crippen LogP contribution in [0.3, 0.4) is 0 Å². The second-order valence-corrected chi connectivity index (χ2v) is 4.97. The molecule has 1 heterocycles. The molecule has 1 fully saturated rings. The zero-order valence-corrected chi connectivity index (χ0v) is 11.6. The predicted molar refractivity (Wildman–Crippen MR) is 74.4 cm³/mol. The third-order valence-corrected chi connectivity index (χ3v) is 3.58. The van der Waals surface area contributed by atoms with E-state index in [9.17, 15) is 0 Å². The average Bonchev–Trinajstić information content (AvgIpc) is 2.90. The number of ether oxygens (including phenoxy) is 1. The van der Waals surface area contributed by atoms with Crippen molar-refractivity contribution < 1.29 is 4.74 Å². The van der Waals surface area contributed by atoms with Gasteiger partial charge >= 0.3 is 0 Å². The number of nitrogens with one attached hydrogen (secondary N) is 1. The van der Waals surface area contributed by atoms with Crippen LogP contribution in [0.1, 0.15) is 25.6 Å². The Kier molecular flexibility index (Phi) is 4.03. The zero-order chi connectivity index (χ0) is 13.8. The van der Waals surface area contributed by atoms with E-state index in [2.05, 4.69) is 20.8 Å². The summed E-state index contributed by atoms with van der Waals surface area (Å²) in [5.74, 6) is 0.830. The Morgan fingerprint density at radius 3 is 2.85 bits per heavy atom. The first-order valence-corrected chi connectivity index (χ1v) is 7.04. The van der Waals surface area contributed by atoms with E-state index >= 15 is 0 Å². The Balaban J connectivity index is 1.56. The van der Waals surface area contributed by atoms with Gasteiger partial charge in [0.2, 0.25) is 0 Å². The Morgan fingerprint density at radius 2 is 2.10 bits per heavy atom. The molecule has 0 radical (unpaired) electrons. The van der Waals surface area contributed by atoms with Gasteiger partial charge in [0, 0.05) is 12.6 Å². The van der Waals surface area contributed by atoms with E-state index in [1.807, 2.05) is 37.3 Å². The van der Waals surface area contributed by atoms with Gasteiger partial charge < -0.3 is 10.1 Å². The predicted octanol–water partition coefficient (Wildman–Crippen LogP) is 1.32. The first kappa shape index (κ1) is 13.2. The largest absolute Gasteiger partial charge is 0.378 e. The highest BCUT2D eigenvalue weighted by atomic mass is 16.5. The highest BCUT2D eigenvalue weighted by Crippen LogP contribution is 2.23. The minimum absolute atomic E-state index is 0.419. The number of benzene rings is 1. The standard InChI is InChI=1S/C14H19N5O/c1-2-20-13-8-11(9-13)15-10-14-16-17-18-19(14)12-6-4-3-5-7-12/h3-7,11,13,15H,2,8-10H2,1H3. The van der Waals surface area contributed by atoms with Gasteiger partial charge in [0.15, 0.2) is 5.82 Å². The lowest BCUT2D eigenvalue weighted by Gasteiger charge is -2.35. The van der Waals surface area contributed by atoms with E-state index in [1.165, 1.54) is 0 Å². The second-order valence-electron chi connectivity index (χ2n) is 4.97. The maximum absolute atomic E-state index is 5.55. The van der Waals surface area contributed by atoms with Crippen LogP contribution < -0.4 is 5.32 Å². The summed E-state index contributed by atoms with van der Waals surface area (Å²) in [5, 5.41) is 15.4. The van der Waals surface area contributed by atoms with Gasteiger partial charge in [0.05, 0.1) is 18.3 Å². The van der Waals surface area contributed by atoms with Gasteiger partial charge in [0.1, 0.15) is 0 Å². The molecule has 6 nitrogen and oxygen atoms in total. The smallest absolute Gasteiger partial charge is 0.170 e. The maximum atomic E-state index is 5.55. The van der Waals surface area contributed by atoms with Crippen molar-refractivity contribution in [1.29, 1.82) is 0 Å².